The Kier molecular flexibility index (Phi) is 4.97. The fourth-order valence-electron chi connectivity index (χ4n) is 2.68. The number of rotatable bonds is 4. The van der Waals surface area contributed by atoms with Crippen molar-refractivity contribution in [1.82, 2.24) is 4.90 Å². The number of carbonyl (C=O) groups is 1. The molecule has 4 heteroatoms. The van der Waals surface area contributed by atoms with E-state index in [2.05, 4.69) is 20.8 Å². The monoisotopic (exact) mass is 341 g/mol. The molecule has 0 unspecified atom stereocenters. The Morgan fingerprint density at radius 1 is 1.30 bits per heavy atom. The molecule has 1 saturated heterocycles. The summed E-state index contributed by atoms with van der Waals surface area (Å²) in [5.41, 5.74) is -0.0387. The number of ketones is 1. The van der Waals surface area contributed by atoms with Crippen LogP contribution in [-0.2, 0) is 11.2 Å². The maximum atomic E-state index is 13.8. The number of halogens is 2. The molecule has 0 aliphatic carbocycles. The molecule has 2 rings (SSSR count). The minimum absolute atomic E-state index is 0.0839. The molecule has 0 atom stereocenters. The van der Waals surface area contributed by atoms with Crippen molar-refractivity contribution in [3.05, 3.63) is 34.1 Å². The summed E-state index contributed by atoms with van der Waals surface area (Å²) < 4.78 is 14.5. The van der Waals surface area contributed by atoms with Gasteiger partial charge < -0.3 is 0 Å². The SMILES string of the molecule is CC(C)(C(=O)Cc1ccc(Br)cc1F)N1CCCCC1. The van der Waals surface area contributed by atoms with E-state index in [-0.39, 0.29) is 18.0 Å². The summed E-state index contributed by atoms with van der Waals surface area (Å²) in [5, 5.41) is 0. The Balaban J connectivity index is 2.09. The van der Waals surface area contributed by atoms with Crippen LogP contribution in [0.2, 0.25) is 0 Å². The zero-order valence-electron chi connectivity index (χ0n) is 12.1. The van der Waals surface area contributed by atoms with Gasteiger partial charge in [0.05, 0.1) is 5.54 Å². The normalized spacial score (nSPS) is 17.2. The Bertz CT molecular complexity index is 495. The Morgan fingerprint density at radius 2 is 1.95 bits per heavy atom. The number of Topliss-reactive ketones (excluding diaryl/α,β-unsaturated/α-hetero) is 1. The van der Waals surface area contributed by atoms with Crippen molar-refractivity contribution in [1.29, 1.82) is 0 Å². The fraction of sp³-hybridized carbons (Fsp3) is 0.562. The van der Waals surface area contributed by atoms with Gasteiger partial charge in [-0.05, 0) is 57.5 Å². The van der Waals surface area contributed by atoms with Crippen molar-refractivity contribution >= 4 is 21.7 Å². The molecular formula is C16H21BrFNO. The van der Waals surface area contributed by atoms with E-state index in [0.717, 1.165) is 25.9 Å². The molecule has 1 aromatic rings. The summed E-state index contributed by atoms with van der Waals surface area (Å²) in [6.45, 7) is 5.83. The lowest BCUT2D eigenvalue weighted by Crippen LogP contribution is -2.52. The van der Waals surface area contributed by atoms with E-state index in [9.17, 15) is 9.18 Å². The third-order valence-corrected chi connectivity index (χ3v) is 4.69. The zero-order chi connectivity index (χ0) is 14.8. The first kappa shape index (κ1) is 15.6. The number of piperidine rings is 1. The number of likely N-dealkylation sites (tertiary alicyclic amines) is 1. The van der Waals surface area contributed by atoms with Gasteiger partial charge in [-0.1, -0.05) is 28.4 Å². The fourth-order valence-corrected chi connectivity index (χ4v) is 3.02. The van der Waals surface area contributed by atoms with E-state index in [1.165, 1.54) is 12.5 Å². The number of nitrogens with zero attached hydrogens (tertiary/aromatic N) is 1. The van der Waals surface area contributed by atoms with Crippen LogP contribution in [0.25, 0.3) is 0 Å². The average Bonchev–Trinajstić information content (AvgIpc) is 2.42. The molecule has 20 heavy (non-hydrogen) atoms. The van der Waals surface area contributed by atoms with Crippen LogP contribution in [0.5, 0.6) is 0 Å². The summed E-state index contributed by atoms with van der Waals surface area (Å²) in [6.07, 6.45) is 3.68. The molecule has 1 aromatic carbocycles. The molecule has 0 saturated carbocycles. The van der Waals surface area contributed by atoms with Crippen LogP contribution in [0.3, 0.4) is 0 Å². The van der Waals surface area contributed by atoms with Gasteiger partial charge in [-0.3, -0.25) is 9.69 Å². The number of hydrogen-bond acceptors (Lipinski definition) is 2. The smallest absolute Gasteiger partial charge is 0.156 e. The minimum atomic E-state index is -0.514. The van der Waals surface area contributed by atoms with E-state index in [4.69, 9.17) is 0 Å². The molecule has 1 fully saturated rings. The highest BCUT2D eigenvalue weighted by Gasteiger charge is 2.34. The van der Waals surface area contributed by atoms with Crippen LogP contribution in [-0.4, -0.2) is 29.3 Å². The molecule has 0 bridgehead atoms. The molecule has 0 amide bonds. The summed E-state index contributed by atoms with van der Waals surface area (Å²) in [7, 11) is 0. The molecule has 0 aromatic heterocycles. The molecular weight excluding hydrogens is 321 g/mol. The summed E-state index contributed by atoms with van der Waals surface area (Å²) in [4.78, 5) is 14.8. The highest BCUT2D eigenvalue weighted by atomic mass is 79.9. The predicted octanol–water partition coefficient (Wildman–Crippen LogP) is 3.96. The third-order valence-electron chi connectivity index (χ3n) is 4.20. The molecule has 2 nitrogen and oxygen atoms in total. The van der Waals surface area contributed by atoms with E-state index < -0.39 is 5.54 Å². The Hall–Kier alpha value is -0.740. The standard InChI is InChI=1S/C16H21BrFNO/c1-16(2,19-8-4-3-5-9-19)15(20)10-12-6-7-13(17)11-14(12)18/h6-7,11H,3-5,8-10H2,1-2H3. The van der Waals surface area contributed by atoms with Crippen LogP contribution in [0.15, 0.2) is 22.7 Å². The van der Waals surface area contributed by atoms with Crippen molar-refractivity contribution in [3.8, 4) is 0 Å². The quantitative estimate of drug-likeness (QED) is 0.825. The van der Waals surface area contributed by atoms with E-state index >= 15 is 0 Å². The van der Waals surface area contributed by atoms with Crippen molar-refractivity contribution in [2.75, 3.05) is 13.1 Å². The van der Waals surface area contributed by atoms with Gasteiger partial charge >= 0.3 is 0 Å². The van der Waals surface area contributed by atoms with E-state index in [0.29, 0.717) is 10.0 Å². The highest BCUT2D eigenvalue weighted by Crippen LogP contribution is 2.24. The number of carbonyl (C=O) groups excluding carboxylic acids is 1. The van der Waals surface area contributed by atoms with Gasteiger partial charge in [-0.2, -0.15) is 0 Å². The van der Waals surface area contributed by atoms with Crippen LogP contribution in [0.4, 0.5) is 4.39 Å². The maximum Gasteiger partial charge on any atom is 0.156 e. The Morgan fingerprint density at radius 3 is 2.55 bits per heavy atom. The van der Waals surface area contributed by atoms with Crippen LogP contribution in [0.1, 0.15) is 38.7 Å². The third kappa shape index (κ3) is 3.47. The topological polar surface area (TPSA) is 20.3 Å². The highest BCUT2D eigenvalue weighted by molar-refractivity contribution is 9.10. The van der Waals surface area contributed by atoms with Crippen molar-refractivity contribution in [2.24, 2.45) is 0 Å². The number of benzene rings is 1. The first-order valence-electron chi connectivity index (χ1n) is 7.13. The second-order valence-electron chi connectivity index (χ2n) is 5.94. The predicted molar refractivity (Wildman–Crippen MR) is 82.3 cm³/mol. The van der Waals surface area contributed by atoms with Crippen molar-refractivity contribution in [3.63, 3.8) is 0 Å². The summed E-state index contributed by atoms with van der Waals surface area (Å²) in [5.74, 6) is -0.234. The van der Waals surface area contributed by atoms with Gasteiger partial charge in [0.1, 0.15) is 5.82 Å². The zero-order valence-corrected chi connectivity index (χ0v) is 13.7. The molecule has 110 valence electrons. The summed E-state index contributed by atoms with van der Waals surface area (Å²) >= 11 is 3.23. The first-order valence-corrected chi connectivity index (χ1v) is 7.93. The molecule has 0 N–H and O–H groups in total. The van der Waals surface area contributed by atoms with E-state index in [1.54, 1.807) is 12.1 Å². The van der Waals surface area contributed by atoms with Crippen LogP contribution >= 0.6 is 15.9 Å². The van der Waals surface area contributed by atoms with E-state index in [1.807, 2.05) is 13.8 Å². The van der Waals surface area contributed by atoms with Gasteiger partial charge in [0.15, 0.2) is 5.78 Å². The molecule has 0 spiro atoms. The average molecular weight is 342 g/mol. The van der Waals surface area contributed by atoms with Crippen molar-refractivity contribution < 1.29 is 9.18 Å². The largest absolute Gasteiger partial charge is 0.297 e. The minimum Gasteiger partial charge on any atom is -0.297 e. The van der Waals surface area contributed by atoms with Gasteiger partial charge in [0.2, 0.25) is 0 Å². The molecule has 1 aliphatic rings. The second kappa shape index (κ2) is 6.35. The lowest BCUT2D eigenvalue weighted by atomic mass is 9.90. The second-order valence-corrected chi connectivity index (χ2v) is 6.86. The lowest BCUT2D eigenvalue weighted by molar-refractivity contribution is -0.129. The molecule has 1 heterocycles. The Labute approximate surface area is 128 Å². The van der Waals surface area contributed by atoms with Gasteiger partial charge in [0, 0.05) is 10.9 Å². The van der Waals surface area contributed by atoms with Gasteiger partial charge in [-0.25, -0.2) is 4.39 Å². The maximum absolute atomic E-state index is 13.8. The van der Waals surface area contributed by atoms with Gasteiger partial charge in [0.25, 0.3) is 0 Å². The van der Waals surface area contributed by atoms with Gasteiger partial charge in [-0.15, -0.1) is 0 Å². The first-order chi connectivity index (χ1) is 9.41. The lowest BCUT2D eigenvalue weighted by Gasteiger charge is -2.39. The van der Waals surface area contributed by atoms with Crippen molar-refractivity contribution in [2.45, 2.75) is 45.1 Å². The molecule has 0 radical (unpaired) electrons. The van der Waals surface area contributed by atoms with Crippen LogP contribution < -0.4 is 0 Å². The summed E-state index contributed by atoms with van der Waals surface area (Å²) in [6, 6.07) is 4.87. The number of hydrogen-bond donors (Lipinski definition) is 0. The van der Waals surface area contributed by atoms with Crippen LogP contribution in [0, 0.1) is 5.82 Å². The molecule has 1 aliphatic heterocycles.